The maximum atomic E-state index is 11.3. The number of hydrogen-bond donors (Lipinski definition) is 3. The standard InChI is InChI=1S/C17H26BN3O3/c1-11(22)21-10-13(8-12-6-7-14(19)15(20)9-12)18-23-16(2,3)17(4,5)24-18/h6-9H,10,19-20H2,1-5H3,(H,21,22). The molecule has 0 aromatic heterocycles. The molecule has 1 aromatic carbocycles. The molecule has 0 spiro atoms. The minimum atomic E-state index is -0.541. The first-order valence-corrected chi connectivity index (χ1v) is 7.97. The zero-order chi connectivity index (χ0) is 18.1. The molecule has 1 aromatic rings. The minimum Gasteiger partial charge on any atom is -0.400 e. The molecule has 7 heteroatoms. The van der Waals surface area contributed by atoms with Gasteiger partial charge in [-0.1, -0.05) is 12.1 Å². The molecule has 1 aliphatic heterocycles. The van der Waals surface area contributed by atoms with Gasteiger partial charge in [-0.25, -0.2) is 0 Å². The Hall–Kier alpha value is -1.99. The topological polar surface area (TPSA) is 99.6 Å². The third kappa shape index (κ3) is 3.91. The number of nitrogens with one attached hydrogen (secondary N) is 1. The largest absolute Gasteiger partial charge is 0.492 e. The molecule has 0 bridgehead atoms. The maximum Gasteiger partial charge on any atom is 0.492 e. The summed E-state index contributed by atoms with van der Waals surface area (Å²) in [7, 11) is -0.541. The Morgan fingerprint density at radius 1 is 1.17 bits per heavy atom. The summed E-state index contributed by atoms with van der Waals surface area (Å²) < 4.78 is 12.2. The summed E-state index contributed by atoms with van der Waals surface area (Å²) in [5.74, 6) is -0.116. The van der Waals surface area contributed by atoms with E-state index >= 15 is 0 Å². The van der Waals surface area contributed by atoms with Gasteiger partial charge in [-0.05, 0) is 50.9 Å². The SMILES string of the molecule is CC(=O)NCC(=Cc1ccc(N)c(N)c1)B1OC(C)(C)C(C)(C)O1. The molecule has 1 saturated heterocycles. The van der Waals surface area contributed by atoms with Gasteiger partial charge in [0, 0.05) is 13.5 Å². The number of carbonyl (C=O) groups excluding carboxylic acids is 1. The van der Waals surface area contributed by atoms with Crippen LogP contribution in [0.5, 0.6) is 0 Å². The molecule has 0 saturated carbocycles. The van der Waals surface area contributed by atoms with Crippen molar-refractivity contribution >= 4 is 30.5 Å². The van der Waals surface area contributed by atoms with Gasteiger partial charge >= 0.3 is 7.12 Å². The maximum absolute atomic E-state index is 11.3. The number of nitrogen functional groups attached to an aromatic ring is 2. The number of anilines is 2. The van der Waals surface area contributed by atoms with E-state index in [9.17, 15) is 4.79 Å². The molecule has 1 aliphatic rings. The second-order valence-electron chi connectivity index (χ2n) is 7.11. The first kappa shape index (κ1) is 18.4. The highest BCUT2D eigenvalue weighted by Gasteiger charge is 2.52. The van der Waals surface area contributed by atoms with Crippen LogP contribution in [0.4, 0.5) is 11.4 Å². The number of carbonyl (C=O) groups is 1. The highest BCUT2D eigenvalue weighted by Crippen LogP contribution is 2.38. The van der Waals surface area contributed by atoms with Crippen molar-refractivity contribution in [2.45, 2.75) is 45.8 Å². The molecule has 130 valence electrons. The Kier molecular flexibility index (Phi) is 4.96. The fourth-order valence-electron chi connectivity index (χ4n) is 2.32. The van der Waals surface area contributed by atoms with E-state index in [0.29, 0.717) is 17.9 Å². The smallest absolute Gasteiger partial charge is 0.400 e. The second kappa shape index (κ2) is 6.49. The lowest BCUT2D eigenvalue weighted by Crippen LogP contribution is -2.41. The number of rotatable bonds is 4. The van der Waals surface area contributed by atoms with Gasteiger partial charge in [0.1, 0.15) is 0 Å². The lowest BCUT2D eigenvalue weighted by molar-refractivity contribution is -0.118. The van der Waals surface area contributed by atoms with Crippen molar-refractivity contribution in [2.24, 2.45) is 0 Å². The predicted octanol–water partition coefficient (Wildman–Crippen LogP) is 2.00. The van der Waals surface area contributed by atoms with Gasteiger partial charge in [0.05, 0.1) is 22.6 Å². The Bertz CT molecular complexity index is 655. The van der Waals surface area contributed by atoms with E-state index in [1.54, 1.807) is 12.1 Å². The monoisotopic (exact) mass is 331 g/mol. The van der Waals surface area contributed by atoms with Crippen LogP contribution in [0.2, 0.25) is 0 Å². The third-order valence-electron chi connectivity index (χ3n) is 4.56. The van der Waals surface area contributed by atoms with E-state index in [2.05, 4.69) is 5.32 Å². The van der Waals surface area contributed by atoms with Crippen molar-refractivity contribution in [3.63, 3.8) is 0 Å². The van der Waals surface area contributed by atoms with Crippen LogP contribution in [0, 0.1) is 0 Å². The van der Waals surface area contributed by atoms with E-state index in [1.165, 1.54) is 6.92 Å². The number of nitrogens with two attached hydrogens (primary N) is 2. The van der Waals surface area contributed by atoms with Gasteiger partial charge in [-0.3, -0.25) is 4.79 Å². The summed E-state index contributed by atoms with van der Waals surface area (Å²) in [5.41, 5.74) is 13.5. The van der Waals surface area contributed by atoms with Gasteiger partial charge in [-0.2, -0.15) is 0 Å². The summed E-state index contributed by atoms with van der Waals surface area (Å²) in [6.07, 6.45) is 1.91. The van der Waals surface area contributed by atoms with Crippen LogP contribution in [0.3, 0.4) is 0 Å². The fourth-order valence-corrected chi connectivity index (χ4v) is 2.32. The summed E-state index contributed by atoms with van der Waals surface area (Å²) in [4.78, 5) is 11.3. The Morgan fingerprint density at radius 3 is 2.25 bits per heavy atom. The lowest BCUT2D eigenvalue weighted by atomic mass is 9.77. The Labute approximate surface area is 143 Å². The average Bonchev–Trinajstić information content (AvgIpc) is 2.67. The molecule has 24 heavy (non-hydrogen) atoms. The summed E-state index contributed by atoms with van der Waals surface area (Å²) in [6.45, 7) is 9.77. The first-order valence-electron chi connectivity index (χ1n) is 7.97. The van der Waals surface area contributed by atoms with Gasteiger partial charge in [-0.15, -0.1) is 0 Å². The number of hydrogen-bond acceptors (Lipinski definition) is 5. The highest BCUT2D eigenvalue weighted by molar-refractivity contribution is 6.56. The van der Waals surface area contributed by atoms with E-state index < -0.39 is 18.3 Å². The van der Waals surface area contributed by atoms with Crippen LogP contribution in [-0.2, 0) is 14.1 Å². The number of benzene rings is 1. The quantitative estimate of drug-likeness (QED) is 0.579. The molecule has 0 unspecified atom stereocenters. The summed E-state index contributed by atoms with van der Waals surface area (Å²) >= 11 is 0. The Morgan fingerprint density at radius 2 is 1.75 bits per heavy atom. The zero-order valence-corrected chi connectivity index (χ0v) is 15.0. The lowest BCUT2D eigenvalue weighted by Gasteiger charge is -2.32. The molecule has 6 nitrogen and oxygen atoms in total. The Balaban J connectivity index is 2.33. The van der Waals surface area contributed by atoms with Crippen molar-refractivity contribution in [3.05, 3.63) is 29.2 Å². The van der Waals surface area contributed by atoms with Crippen LogP contribution in [0.1, 0.15) is 40.2 Å². The van der Waals surface area contributed by atoms with E-state index in [4.69, 9.17) is 20.8 Å². The zero-order valence-electron chi connectivity index (χ0n) is 15.0. The van der Waals surface area contributed by atoms with E-state index in [0.717, 1.165) is 11.0 Å². The van der Waals surface area contributed by atoms with Gasteiger partial charge in [0.2, 0.25) is 5.91 Å². The van der Waals surface area contributed by atoms with Crippen molar-refractivity contribution in [1.29, 1.82) is 0 Å². The van der Waals surface area contributed by atoms with Crippen LogP contribution < -0.4 is 16.8 Å². The molecule has 0 atom stereocenters. The minimum absolute atomic E-state index is 0.116. The predicted molar refractivity (Wildman–Crippen MR) is 98.0 cm³/mol. The molecule has 2 rings (SSSR count). The normalized spacial score (nSPS) is 19.4. The molecule has 1 fully saturated rings. The van der Waals surface area contributed by atoms with Crippen LogP contribution in [0.25, 0.3) is 6.08 Å². The molecule has 1 amide bonds. The molecule has 1 heterocycles. The number of amides is 1. The van der Waals surface area contributed by atoms with Crippen molar-refractivity contribution < 1.29 is 14.1 Å². The van der Waals surface area contributed by atoms with Gasteiger partial charge in [0.25, 0.3) is 0 Å². The average molecular weight is 331 g/mol. The molecular formula is C17H26BN3O3. The summed E-state index contributed by atoms with van der Waals surface area (Å²) in [6, 6.07) is 5.40. The van der Waals surface area contributed by atoms with Crippen LogP contribution in [-0.4, -0.2) is 30.8 Å². The second-order valence-corrected chi connectivity index (χ2v) is 7.11. The third-order valence-corrected chi connectivity index (χ3v) is 4.56. The summed E-state index contributed by atoms with van der Waals surface area (Å²) in [5, 5.41) is 2.80. The molecule has 5 N–H and O–H groups in total. The van der Waals surface area contributed by atoms with Crippen molar-refractivity contribution in [1.82, 2.24) is 5.32 Å². The van der Waals surface area contributed by atoms with Crippen molar-refractivity contribution in [3.8, 4) is 0 Å². The highest BCUT2D eigenvalue weighted by atomic mass is 16.7. The van der Waals surface area contributed by atoms with Crippen LogP contribution in [0.15, 0.2) is 23.7 Å². The first-order chi connectivity index (χ1) is 11.0. The van der Waals surface area contributed by atoms with Crippen molar-refractivity contribution in [2.75, 3.05) is 18.0 Å². The fraction of sp³-hybridized carbons (Fsp3) is 0.471. The van der Waals surface area contributed by atoms with Crippen LogP contribution >= 0.6 is 0 Å². The van der Waals surface area contributed by atoms with Gasteiger partial charge < -0.3 is 26.1 Å². The molecule has 0 radical (unpaired) electrons. The molecular weight excluding hydrogens is 305 g/mol. The molecule has 0 aliphatic carbocycles. The van der Waals surface area contributed by atoms with E-state index in [1.807, 2.05) is 39.8 Å². The van der Waals surface area contributed by atoms with Gasteiger partial charge in [0.15, 0.2) is 0 Å². The van der Waals surface area contributed by atoms with E-state index in [-0.39, 0.29) is 5.91 Å².